The van der Waals surface area contributed by atoms with Crippen LogP contribution in [0, 0.1) is 0 Å². The molecule has 1 aliphatic rings. The highest BCUT2D eigenvalue weighted by Gasteiger charge is 2.29. The minimum atomic E-state index is -0.134. The van der Waals surface area contributed by atoms with E-state index in [0.29, 0.717) is 6.54 Å². The van der Waals surface area contributed by atoms with Gasteiger partial charge < -0.3 is 16.4 Å². The highest BCUT2D eigenvalue weighted by Crippen LogP contribution is 2.23. The Balaban J connectivity index is 2.00. The third kappa shape index (κ3) is 2.30. The molecule has 82 valence electrons. The Bertz CT molecular complexity index is 302. The average Bonchev–Trinajstić information content (AvgIpc) is 2.31. The summed E-state index contributed by atoms with van der Waals surface area (Å²) >= 11 is 0. The molecule has 4 N–H and O–H groups in total. The Morgan fingerprint density at radius 2 is 1.73 bits per heavy atom. The van der Waals surface area contributed by atoms with Gasteiger partial charge in [-0.15, -0.1) is 0 Å². The van der Waals surface area contributed by atoms with Crippen molar-refractivity contribution in [2.75, 3.05) is 24.5 Å². The van der Waals surface area contributed by atoms with Crippen LogP contribution in [0.15, 0.2) is 30.3 Å². The molecule has 0 radical (unpaired) electrons. The third-order valence-corrected chi connectivity index (χ3v) is 3.29. The van der Waals surface area contributed by atoms with Gasteiger partial charge in [0.15, 0.2) is 0 Å². The second kappa shape index (κ2) is 4.21. The number of anilines is 1. The van der Waals surface area contributed by atoms with Gasteiger partial charge in [0.05, 0.1) is 0 Å². The van der Waals surface area contributed by atoms with Gasteiger partial charge in [-0.25, -0.2) is 0 Å². The van der Waals surface area contributed by atoms with E-state index in [1.807, 2.05) is 6.07 Å². The van der Waals surface area contributed by atoms with Crippen LogP contribution in [0.25, 0.3) is 0 Å². The maximum absolute atomic E-state index is 6.15. The molecule has 0 aromatic heterocycles. The van der Waals surface area contributed by atoms with Crippen molar-refractivity contribution in [2.24, 2.45) is 11.5 Å². The first kappa shape index (κ1) is 10.5. The highest BCUT2D eigenvalue weighted by molar-refractivity contribution is 5.46. The molecule has 1 aliphatic heterocycles. The monoisotopic (exact) mass is 205 g/mol. The Kier molecular flexibility index (Phi) is 2.93. The first-order valence-corrected chi connectivity index (χ1v) is 5.52. The average molecular weight is 205 g/mol. The summed E-state index contributed by atoms with van der Waals surface area (Å²) in [7, 11) is 0. The van der Waals surface area contributed by atoms with E-state index in [9.17, 15) is 0 Å². The van der Waals surface area contributed by atoms with Gasteiger partial charge in [-0.3, -0.25) is 0 Å². The summed E-state index contributed by atoms with van der Waals surface area (Å²) in [5.41, 5.74) is 13.0. The molecule has 0 aliphatic carbocycles. The van der Waals surface area contributed by atoms with Crippen molar-refractivity contribution >= 4 is 5.69 Å². The lowest BCUT2D eigenvalue weighted by Gasteiger charge is -2.39. The summed E-state index contributed by atoms with van der Waals surface area (Å²) < 4.78 is 0. The zero-order valence-corrected chi connectivity index (χ0v) is 9.02. The molecule has 3 heteroatoms. The standard InChI is InChI=1S/C12H19N3/c13-10-12(14)6-8-15(9-7-12)11-4-2-1-3-5-11/h1-5H,6-10,13-14H2. The molecule has 0 bridgehead atoms. The van der Waals surface area contributed by atoms with E-state index < -0.39 is 0 Å². The molecule has 1 fully saturated rings. The molecule has 0 atom stereocenters. The number of rotatable bonds is 2. The first-order valence-electron chi connectivity index (χ1n) is 5.52. The van der Waals surface area contributed by atoms with Crippen molar-refractivity contribution in [2.45, 2.75) is 18.4 Å². The number of benzene rings is 1. The molecule has 1 aromatic rings. The topological polar surface area (TPSA) is 55.3 Å². The quantitative estimate of drug-likeness (QED) is 0.755. The first-order chi connectivity index (χ1) is 7.23. The molecule has 0 spiro atoms. The molecule has 0 unspecified atom stereocenters. The fourth-order valence-electron chi connectivity index (χ4n) is 2.05. The lowest BCUT2D eigenvalue weighted by atomic mass is 9.88. The van der Waals surface area contributed by atoms with Crippen molar-refractivity contribution in [1.82, 2.24) is 0 Å². The summed E-state index contributed by atoms with van der Waals surface area (Å²) in [6.07, 6.45) is 1.97. The van der Waals surface area contributed by atoms with E-state index in [1.54, 1.807) is 0 Å². The van der Waals surface area contributed by atoms with Crippen molar-refractivity contribution in [3.8, 4) is 0 Å². The summed E-state index contributed by atoms with van der Waals surface area (Å²) in [6.45, 7) is 2.62. The van der Waals surface area contributed by atoms with Crippen molar-refractivity contribution in [3.05, 3.63) is 30.3 Å². The molecule has 2 rings (SSSR count). The molecule has 1 aromatic carbocycles. The largest absolute Gasteiger partial charge is 0.371 e. The number of nitrogens with two attached hydrogens (primary N) is 2. The fraction of sp³-hybridized carbons (Fsp3) is 0.500. The van der Waals surface area contributed by atoms with E-state index in [0.717, 1.165) is 25.9 Å². The van der Waals surface area contributed by atoms with Gasteiger partial charge in [0.2, 0.25) is 0 Å². The van der Waals surface area contributed by atoms with Crippen LogP contribution < -0.4 is 16.4 Å². The lowest BCUT2D eigenvalue weighted by molar-refractivity contribution is 0.342. The summed E-state index contributed by atoms with van der Waals surface area (Å²) in [4.78, 5) is 2.38. The third-order valence-electron chi connectivity index (χ3n) is 3.29. The second-order valence-electron chi connectivity index (χ2n) is 4.39. The summed E-state index contributed by atoms with van der Waals surface area (Å²) in [5, 5.41) is 0. The molecule has 3 nitrogen and oxygen atoms in total. The van der Waals surface area contributed by atoms with E-state index >= 15 is 0 Å². The maximum atomic E-state index is 6.15. The van der Waals surface area contributed by atoms with Gasteiger partial charge in [0, 0.05) is 30.9 Å². The normalized spacial score (nSPS) is 20.3. The molecule has 1 saturated heterocycles. The lowest BCUT2D eigenvalue weighted by Crippen LogP contribution is -2.54. The van der Waals surface area contributed by atoms with Crippen molar-refractivity contribution < 1.29 is 0 Å². The van der Waals surface area contributed by atoms with Gasteiger partial charge in [0.1, 0.15) is 0 Å². The fourth-order valence-corrected chi connectivity index (χ4v) is 2.05. The summed E-state index contributed by atoms with van der Waals surface area (Å²) in [5.74, 6) is 0. The van der Waals surface area contributed by atoms with Crippen LogP contribution in [-0.4, -0.2) is 25.2 Å². The predicted molar refractivity (Wildman–Crippen MR) is 63.9 cm³/mol. The van der Waals surface area contributed by atoms with Crippen LogP contribution in [0.4, 0.5) is 5.69 Å². The minimum Gasteiger partial charge on any atom is -0.371 e. The van der Waals surface area contributed by atoms with Crippen LogP contribution in [0.2, 0.25) is 0 Å². The Morgan fingerprint density at radius 1 is 1.13 bits per heavy atom. The van der Waals surface area contributed by atoms with Crippen LogP contribution in [-0.2, 0) is 0 Å². The number of para-hydroxylation sites is 1. The number of nitrogens with zero attached hydrogens (tertiary/aromatic N) is 1. The molecule has 15 heavy (non-hydrogen) atoms. The highest BCUT2D eigenvalue weighted by atomic mass is 15.1. The molecule has 1 heterocycles. The number of piperidine rings is 1. The van der Waals surface area contributed by atoms with Gasteiger partial charge in [0.25, 0.3) is 0 Å². The zero-order chi connectivity index (χ0) is 10.7. The smallest absolute Gasteiger partial charge is 0.0366 e. The Labute approximate surface area is 91.1 Å². The zero-order valence-electron chi connectivity index (χ0n) is 9.02. The van der Waals surface area contributed by atoms with Crippen molar-refractivity contribution in [1.29, 1.82) is 0 Å². The minimum absolute atomic E-state index is 0.134. The molecular weight excluding hydrogens is 186 g/mol. The van der Waals surface area contributed by atoms with Crippen LogP contribution in [0.5, 0.6) is 0 Å². The van der Waals surface area contributed by atoms with E-state index in [-0.39, 0.29) is 5.54 Å². The summed E-state index contributed by atoms with van der Waals surface area (Å²) in [6, 6.07) is 10.5. The van der Waals surface area contributed by atoms with Gasteiger partial charge in [-0.05, 0) is 25.0 Å². The van der Waals surface area contributed by atoms with E-state index in [4.69, 9.17) is 11.5 Å². The maximum Gasteiger partial charge on any atom is 0.0366 e. The van der Waals surface area contributed by atoms with E-state index in [2.05, 4.69) is 29.2 Å². The number of hydrogen-bond acceptors (Lipinski definition) is 3. The SMILES string of the molecule is NCC1(N)CCN(c2ccccc2)CC1. The molecular formula is C12H19N3. The van der Waals surface area contributed by atoms with Crippen molar-refractivity contribution in [3.63, 3.8) is 0 Å². The van der Waals surface area contributed by atoms with E-state index in [1.165, 1.54) is 5.69 Å². The Hall–Kier alpha value is -1.06. The predicted octanol–water partition coefficient (Wildman–Crippen LogP) is 0.943. The Morgan fingerprint density at radius 3 is 2.27 bits per heavy atom. The van der Waals surface area contributed by atoms with Gasteiger partial charge in [-0.1, -0.05) is 18.2 Å². The second-order valence-corrected chi connectivity index (χ2v) is 4.39. The molecule has 0 saturated carbocycles. The van der Waals surface area contributed by atoms with Gasteiger partial charge >= 0.3 is 0 Å². The van der Waals surface area contributed by atoms with Crippen LogP contribution >= 0.6 is 0 Å². The van der Waals surface area contributed by atoms with Crippen LogP contribution in [0.3, 0.4) is 0 Å². The molecule has 0 amide bonds. The van der Waals surface area contributed by atoms with Gasteiger partial charge in [-0.2, -0.15) is 0 Å². The number of hydrogen-bond donors (Lipinski definition) is 2. The van der Waals surface area contributed by atoms with Crippen LogP contribution in [0.1, 0.15) is 12.8 Å².